The quantitative estimate of drug-likeness (QED) is 0.777. The van der Waals surface area contributed by atoms with Gasteiger partial charge >= 0.3 is 6.03 Å². The van der Waals surface area contributed by atoms with Crippen LogP contribution < -0.4 is 10.6 Å². The second kappa shape index (κ2) is 5.40. The monoisotopic (exact) mass is 244 g/mol. The Balaban J connectivity index is 2.27. The van der Waals surface area contributed by atoms with Crippen molar-refractivity contribution in [2.75, 3.05) is 11.9 Å². The highest BCUT2D eigenvalue weighted by molar-refractivity contribution is 6.02. The van der Waals surface area contributed by atoms with Crippen molar-refractivity contribution in [1.29, 1.82) is 0 Å². The second-order valence-electron chi connectivity index (χ2n) is 4.09. The van der Waals surface area contributed by atoms with Crippen molar-refractivity contribution in [2.45, 2.75) is 13.3 Å². The molecule has 0 aliphatic carbocycles. The fourth-order valence-corrected chi connectivity index (χ4v) is 1.77. The van der Waals surface area contributed by atoms with E-state index in [0.29, 0.717) is 12.2 Å². The van der Waals surface area contributed by atoms with Gasteiger partial charge in [-0.05, 0) is 30.0 Å². The predicted molar refractivity (Wildman–Crippen MR) is 72.9 cm³/mol. The van der Waals surface area contributed by atoms with Crippen LogP contribution >= 0.6 is 0 Å². The summed E-state index contributed by atoms with van der Waals surface area (Å²) in [5, 5.41) is 16.8. The van der Waals surface area contributed by atoms with Crippen molar-refractivity contribution in [1.82, 2.24) is 5.32 Å². The smallest absolute Gasteiger partial charge is 0.319 e. The molecule has 0 unspecified atom stereocenters. The van der Waals surface area contributed by atoms with E-state index in [1.165, 1.54) is 0 Å². The normalized spacial score (nSPS) is 10.3. The third-order valence-electron chi connectivity index (χ3n) is 2.65. The number of hydrogen-bond donors (Lipinski definition) is 3. The molecule has 0 saturated heterocycles. The van der Waals surface area contributed by atoms with E-state index in [2.05, 4.69) is 10.6 Å². The average Bonchev–Trinajstić information content (AvgIpc) is 2.37. The SMILES string of the molecule is CCCNC(=O)Nc1cccc2ccc(O)cc12. The molecule has 0 spiro atoms. The summed E-state index contributed by atoms with van der Waals surface area (Å²) >= 11 is 0. The molecule has 2 amide bonds. The van der Waals surface area contributed by atoms with Crippen LogP contribution in [0.15, 0.2) is 36.4 Å². The summed E-state index contributed by atoms with van der Waals surface area (Å²) in [6.07, 6.45) is 0.893. The first-order valence-corrected chi connectivity index (χ1v) is 5.97. The number of phenols is 1. The van der Waals surface area contributed by atoms with E-state index in [9.17, 15) is 9.90 Å². The van der Waals surface area contributed by atoms with Crippen molar-refractivity contribution < 1.29 is 9.90 Å². The van der Waals surface area contributed by atoms with Gasteiger partial charge in [0.25, 0.3) is 0 Å². The number of rotatable bonds is 3. The van der Waals surface area contributed by atoms with Crippen molar-refractivity contribution in [3.8, 4) is 5.75 Å². The number of phenolic OH excluding ortho intramolecular Hbond substituents is 1. The molecule has 0 aliphatic rings. The van der Waals surface area contributed by atoms with E-state index in [-0.39, 0.29) is 11.8 Å². The largest absolute Gasteiger partial charge is 0.508 e. The van der Waals surface area contributed by atoms with Crippen LogP contribution in [0.2, 0.25) is 0 Å². The summed E-state index contributed by atoms with van der Waals surface area (Å²) in [5.41, 5.74) is 0.692. The van der Waals surface area contributed by atoms with E-state index in [1.807, 2.05) is 31.2 Å². The lowest BCUT2D eigenvalue weighted by molar-refractivity contribution is 0.252. The van der Waals surface area contributed by atoms with Crippen LogP contribution in [-0.2, 0) is 0 Å². The maximum absolute atomic E-state index is 11.6. The molecule has 0 bridgehead atoms. The summed E-state index contributed by atoms with van der Waals surface area (Å²) in [6, 6.07) is 10.5. The molecule has 4 nitrogen and oxygen atoms in total. The Bertz CT molecular complexity index is 567. The molecular weight excluding hydrogens is 228 g/mol. The Morgan fingerprint density at radius 1 is 1.28 bits per heavy atom. The fraction of sp³-hybridized carbons (Fsp3) is 0.214. The van der Waals surface area contributed by atoms with Gasteiger partial charge in [-0.2, -0.15) is 0 Å². The van der Waals surface area contributed by atoms with Gasteiger partial charge in [0.2, 0.25) is 0 Å². The van der Waals surface area contributed by atoms with Gasteiger partial charge in [0, 0.05) is 11.9 Å². The van der Waals surface area contributed by atoms with Crippen molar-refractivity contribution in [2.24, 2.45) is 0 Å². The van der Waals surface area contributed by atoms with Crippen LogP contribution in [0.1, 0.15) is 13.3 Å². The minimum atomic E-state index is -0.229. The third kappa shape index (κ3) is 2.71. The summed E-state index contributed by atoms with van der Waals surface area (Å²) in [7, 11) is 0. The molecule has 0 radical (unpaired) electrons. The Hall–Kier alpha value is -2.23. The van der Waals surface area contributed by atoms with Crippen molar-refractivity contribution in [3.63, 3.8) is 0 Å². The Morgan fingerprint density at radius 3 is 2.89 bits per heavy atom. The lowest BCUT2D eigenvalue weighted by atomic mass is 10.1. The molecule has 0 saturated carbocycles. The predicted octanol–water partition coefficient (Wildman–Crippen LogP) is 3.08. The summed E-state index contributed by atoms with van der Waals surface area (Å²) < 4.78 is 0. The zero-order valence-corrected chi connectivity index (χ0v) is 10.2. The molecule has 2 aromatic carbocycles. The molecule has 94 valence electrons. The summed E-state index contributed by atoms with van der Waals surface area (Å²) in [4.78, 5) is 11.6. The number of amides is 2. The molecule has 0 aliphatic heterocycles. The minimum Gasteiger partial charge on any atom is -0.508 e. The number of anilines is 1. The van der Waals surface area contributed by atoms with Crippen LogP contribution in [-0.4, -0.2) is 17.7 Å². The van der Waals surface area contributed by atoms with Crippen LogP contribution in [0.25, 0.3) is 10.8 Å². The number of carbonyl (C=O) groups is 1. The molecule has 0 atom stereocenters. The van der Waals surface area contributed by atoms with E-state index >= 15 is 0 Å². The van der Waals surface area contributed by atoms with Gasteiger partial charge in [0.15, 0.2) is 0 Å². The molecular formula is C14H16N2O2. The molecule has 4 heteroatoms. The van der Waals surface area contributed by atoms with Crippen LogP contribution in [0.3, 0.4) is 0 Å². The molecule has 0 aromatic heterocycles. The van der Waals surface area contributed by atoms with E-state index in [4.69, 9.17) is 0 Å². The zero-order chi connectivity index (χ0) is 13.0. The number of carbonyl (C=O) groups excluding carboxylic acids is 1. The van der Waals surface area contributed by atoms with Crippen LogP contribution in [0.4, 0.5) is 10.5 Å². The fourth-order valence-electron chi connectivity index (χ4n) is 1.77. The molecule has 0 heterocycles. The summed E-state index contributed by atoms with van der Waals surface area (Å²) in [6.45, 7) is 2.64. The minimum absolute atomic E-state index is 0.186. The zero-order valence-electron chi connectivity index (χ0n) is 10.2. The second-order valence-corrected chi connectivity index (χ2v) is 4.09. The van der Waals surface area contributed by atoms with Gasteiger partial charge in [-0.15, -0.1) is 0 Å². The number of fused-ring (bicyclic) bond motifs is 1. The number of hydrogen-bond acceptors (Lipinski definition) is 2. The van der Waals surface area contributed by atoms with Gasteiger partial charge in [-0.1, -0.05) is 25.1 Å². The number of benzene rings is 2. The first-order valence-electron chi connectivity index (χ1n) is 5.97. The highest BCUT2D eigenvalue weighted by Crippen LogP contribution is 2.26. The lowest BCUT2D eigenvalue weighted by Gasteiger charge is -2.09. The molecule has 2 aromatic rings. The third-order valence-corrected chi connectivity index (χ3v) is 2.65. The molecule has 2 rings (SSSR count). The van der Waals surface area contributed by atoms with Crippen LogP contribution in [0.5, 0.6) is 5.75 Å². The molecule has 0 fully saturated rings. The van der Waals surface area contributed by atoms with Gasteiger partial charge in [-0.3, -0.25) is 0 Å². The topological polar surface area (TPSA) is 61.4 Å². The van der Waals surface area contributed by atoms with Crippen LogP contribution in [0, 0.1) is 0 Å². The van der Waals surface area contributed by atoms with E-state index in [1.54, 1.807) is 12.1 Å². The number of urea groups is 1. The van der Waals surface area contributed by atoms with E-state index < -0.39 is 0 Å². The van der Waals surface area contributed by atoms with Gasteiger partial charge in [-0.25, -0.2) is 4.79 Å². The highest BCUT2D eigenvalue weighted by Gasteiger charge is 2.05. The number of nitrogens with one attached hydrogen (secondary N) is 2. The van der Waals surface area contributed by atoms with Gasteiger partial charge < -0.3 is 15.7 Å². The number of aromatic hydroxyl groups is 1. The standard InChI is InChI=1S/C14H16N2O2/c1-2-8-15-14(18)16-13-5-3-4-10-6-7-11(17)9-12(10)13/h3-7,9,17H,2,8H2,1H3,(H2,15,16,18). The molecule has 3 N–H and O–H groups in total. The molecule has 18 heavy (non-hydrogen) atoms. The maximum atomic E-state index is 11.6. The van der Waals surface area contributed by atoms with Gasteiger partial charge in [0.05, 0.1) is 5.69 Å². The first-order chi connectivity index (χ1) is 8.70. The summed E-state index contributed by atoms with van der Waals surface area (Å²) in [5.74, 6) is 0.186. The lowest BCUT2D eigenvalue weighted by Crippen LogP contribution is -2.29. The Labute approximate surface area is 106 Å². The van der Waals surface area contributed by atoms with Crippen molar-refractivity contribution >= 4 is 22.5 Å². The Morgan fingerprint density at radius 2 is 2.11 bits per heavy atom. The van der Waals surface area contributed by atoms with Gasteiger partial charge in [0.1, 0.15) is 5.75 Å². The first kappa shape index (κ1) is 12.2. The highest BCUT2D eigenvalue weighted by atomic mass is 16.3. The van der Waals surface area contributed by atoms with E-state index in [0.717, 1.165) is 17.2 Å². The average molecular weight is 244 g/mol. The van der Waals surface area contributed by atoms with Crippen molar-refractivity contribution in [3.05, 3.63) is 36.4 Å². The Kier molecular flexibility index (Phi) is 3.67. The maximum Gasteiger partial charge on any atom is 0.319 e.